The van der Waals surface area contributed by atoms with Crippen LogP contribution < -0.4 is 9.75 Å². The van der Waals surface area contributed by atoms with E-state index in [0.717, 1.165) is 16.9 Å². The number of hydrogen-bond acceptors (Lipinski definition) is 3. The maximum Gasteiger partial charge on any atom is 0.280 e. The van der Waals surface area contributed by atoms with Gasteiger partial charge in [-0.15, -0.1) is 0 Å². The molecule has 0 aliphatic carbocycles. The molecule has 0 aromatic heterocycles. The van der Waals surface area contributed by atoms with Gasteiger partial charge in [0.05, 0.1) is 17.0 Å². The second kappa shape index (κ2) is 8.33. The van der Waals surface area contributed by atoms with Crippen LogP contribution in [0.1, 0.15) is 18.1 Å². The van der Waals surface area contributed by atoms with Gasteiger partial charge in [-0.2, -0.15) is 10.1 Å². The predicted octanol–water partition coefficient (Wildman–Crippen LogP) is 5.73. The van der Waals surface area contributed by atoms with Crippen molar-refractivity contribution in [3.8, 4) is 5.75 Å². The highest BCUT2D eigenvalue weighted by Gasteiger charge is 2.28. The molecule has 0 spiro atoms. The lowest BCUT2D eigenvalue weighted by molar-refractivity contribution is -0.114. The first-order valence-corrected chi connectivity index (χ1v) is 9.62. The van der Waals surface area contributed by atoms with Crippen LogP contribution in [0.4, 0.5) is 5.69 Å². The maximum absolute atomic E-state index is 12.8. The van der Waals surface area contributed by atoms with Gasteiger partial charge < -0.3 is 4.74 Å². The van der Waals surface area contributed by atoms with E-state index in [1.165, 1.54) is 5.01 Å². The molecule has 0 radical (unpaired) electrons. The number of carbonyl (C=O) groups excluding carboxylic acids is 1. The third kappa shape index (κ3) is 4.39. The highest BCUT2D eigenvalue weighted by atomic mass is 35.5. The number of rotatable bonds is 5. The molecule has 4 rings (SSSR count). The average Bonchev–Trinajstić information content (AvgIpc) is 3.03. The van der Waals surface area contributed by atoms with Crippen molar-refractivity contribution in [1.29, 1.82) is 0 Å². The number of nitrogens with zero attached hydrogens (tertiary/aromatic N) is 2. The van der Waals surface area contributed by atoms with Crippen LogP contribution in [-0.2, 0) is 11.4 Å². The van der Waals surface area contributed by atoms with Crippen molar-refractivity contribution >= 4 is 35.0 Å². The van der Waals surface area contributed by atoms with E-state index in [9.17, 15) is 4.79 Å². The smallest absolute Gasteiger partial charge is 0.280 e. The summed E-state index contributed by atoms with van der Waals surface area (Å²) in [4.78, 5) is 12.8. The van der Waals surface area contributed by atoms with Crippen molar-refractivity contribution in [1.82, 2.24) is 0 Å². The lowest BCUT2D eigenvalue weighted by atomic mass is 10.1. The Labute approximate surface area is 174 Å². The van der Waals surface area contributed by atoms with Crippen LogP contribution in [0.25, 0.3) is 6.08 Å². The standard InChI is InChI=1S/C24H19ClN2O2/c1-17-23(24(28)27(26-17)21-11-9-20(25)10-12-21)15-18-7-13-22(14-8-18)29-16-19-5-3-2-4-6-19/h2-15H,16H2,1H3. The zero-order valence-electron chi connectivity index (χ0n) is 15.9. The van der Waals surface area contributed by atoms with Crippen LogP contribution in [0.2, 0.25) is 5.02 Å². The summed E-state index contributed by atoms with van der Waals surface area (Å²) in [7, 11) is 0. The van der Waals surface area contributed by atoms with Gasteiger partial charge in [0.2, 0.25) is 0 Å². The topological polar surface area (TPSA) is 41.9 Å². The van der Waals surface area contributed by atoms with Gasteiger partial charge in [0, 0.05) is 5.02 Å². The molecule has 0 saturated heterocycles. The van der Waals surface area contributed by atoms with E-state index < -0.39 is 0 Å². The fourth-order valence-corrected chi connectivity index (χ4v) is 3.14. The SMILES string of the molecule is CC1=NN(c2ccc(Cl)cc2)C(=O)C1=Cc1ccc(OCc2ccccc2)cc1. The van der Waals surface area contributed by atoms with Crippen LogP contribution in [0.15, 0.2) is 89.5 Å². The summed E-state index contributed by atoms with van der Waals surface area (Å²) in [5.41, 5.74) is 3.95. The number of benzene rings is 3. The van der Waals surface area contributed by atoms with Crippen molar-refractivity contribution in [3.05, 3.63) is 101 Å². The number of halogens is 1. The van der Waals surface area contributed by atoms with Crippen LogP contribution in [0.3, 0.4) is 0 Å². The molecule has 1 heterocycles. The summed E-state index contributed by atoms with van der Waals surface area (Å²) in [5, 5.41) is 6.41. The van der Waals surface area contributed by atoms with Gasteiger partial charge in [-0.3, -0.25) is 4.79 Å². The van der Waals surface area contributed by atoms with Gasteiger partial charge in [0.25, 0.3) is 5.91 Å². The Balaban J connectivity index is 1.47. The van der Waals surface area contributed by atoms with Crippen molar-refractivity contribution in [2.45, 2.75) is 13.5 Å². The minimum Gasteiger partial charge on any atom is -0.489 e. The molecule has 0 fully saturated rings. The zero-order chi connectivity index (χ0) is 20.2. The number of anilines is 1. The number of hydrazone groups is 1. The van der Waals surface area contributed by atoms with Crippen LogP contribution >= 0.6 is 11.6 Å². The lowest BCUT2D eigenvalue weighted by Crippen LogP contribution is -2.21. The Kier molecular flexibility index (Phi) is 5.45. The summed E-state index contributed by atoms with van der Waals surface area (Å²) >= 11 is 5.93. The third-order valence-electron chi connectivity index (χ3n) is 4.57. The molecule has 144 valence electrons. The minimum absolute atomic E-state index is 0.158. The normalized spacial score (nSPS) is 15.0. The monoisotopic (exact) mass is 402 g/mol. The van der Waals surface area contributed by atoms with Crippen LogP contribution in [0.5, 0.6) is 5.75 Å². The Morgan fingerprint density at radius 2 is 1.66 bits per heavy atom. The summed E-state index contributed by atoms with van der Waals surface area (Å²) in [6.45, 7) is 2.35. The van der Waals surface area contributed by atoms with E-state index in [-0.39, 0.29) is 5.91 Å². The first-order chi connectivity index (χ1) is 14.1. The van der Waals surface area contributed by atoms with E-state index in [0.29, 0.717) is 28.6 Å². The number of hydrogen-bond donors (Lipinski definition) is 0. The molecule has 3 aromatic rings. The fourth-order valence-electron chi connectivity index (χ4n) is 3.01. The Bertz CT molecular complexity index is 1070. The van der Waals surface area contributed by atoms with Crippen molar-refractivity contribution in [3.63, 3.8) is 0 Å². The van der Waals surface area contributed by atoms with Gasteiger partial charge in [-0.25, -0.2) is 0 Å². The Morgan fingerprint density at radius 1 is 0.966 bits per heavy atom. The molecule has 0 bridgehead atoms. The lowest BCUT2D eigenvalue weighted by Gasteiger charge is -2.11. The van der Waals surface area contributed by atoms with Gasteiger partial charge in [0.1, 0.15) is 12.4 Å². The second-order valence-corrected chi connectivity index (χ2v) is 7.12. The molecule has 0 saturated carbocycles. The minimum atomic E-state index is -0.158. The molecule has 4 nitrogen and oxygen atoms in total. The quantitative estimate of drug-likeness (QED) is 0.512. The van der Waals surface area contributed by atoms with Gasteiger partial charge in [-0.05, 0) is 60.5 Å². The van der Waals surface area contributed by atoms with Gasteiger partial charge in [-0.1, -0.05) is 54.1 Å². The fraction of sp³-hybridized carbons (Fsp3) is 0.0833. The molecule has 1 aliphatic heterocycles. The van der Waals surface area contributed by atoms with Crippen molar-refractivity contribution in [2.24, 2.45) is 5.10 Å². The first-order valence-electron chi connectivity index (χ1n) is 9.24. The summed E-state index contributed by atoms with van der Waals surface area (Å²) in [6, 6.07) is 24.7. The van der Waals surface area contributed by atoms with Crippen LogP contribution in [-0.4, -0.2) is 11.6 Å². The van der Waals surface area contributed by atoms with Gasteiger partial charge >= 0.3 is 0 Å². The van der Waals surface area contributed by atoms with Gasteiger partial charge in [0.15, 0.2) is 0 Å². The molecular weight excluding hydrogens is 384 g/mol. The van der Waals surface area contributed by atoms with E-state index in [1.54, 1.807) is 24.3 Å². The molecule has 0 atom stereocenters. The highest BCUT2D eigenvalue weighted by Crippen LogP contribution is 2.26. The van der Waals surface area contributed by atoms with Crippen molar-refractivity contribution < 1.29 is 9.53 Å². The molecule has 1 amide bonds. The van der Waals surface area contributed by atoms with E-state index in [2.05, 4.69) is 5.10 Å². The zero-order valence-corrected chi connectivity index (χ0v) is 16.6. The summed E-state index contributed by atoms with van der Waals surface area (Å²) in [6.07, 6.45) is 1.85. The van der Waals surface area contributed by atoms with E-state index in [1.807, 2.05) is 67.6 Å². The number of ether oxygens (including phenoxy) is 1. The largest absolute Gasteiger partial charge is 0.489 e. The molecule has 0 N–H and O–H groups in total. The highest BCUT2D eigenvalue weighted by molar-refractivity contribution is 6.32. The first kappa shape index (κ1) is 19.0. The maximum atomic E-state index is 12.8. The number of carbonyl (C=O) groups is 1. The average molecular weight is 403 g/mol. The third-order valence-corrected chi connectivity index (χ3v) is 4.83. The van der Waals surface area contributed by atoms with E-state index >= 15 is 0 Å². The Morgan fingerprint density at radius 3 is 2.34 bits per heavy atom. The molecule has 3 aromatic carbocycles. The summed E-state index contributed by atoms with van der Waals surface area (Å²) < 4.78 is 5.81. The molecular formula is C24H19ClN2O2. The molecule has 29 heavy (non-hydrogen) atoms. The molecule has 1 aliphatic rings. The van der Waals surface area contributed by atoms with Crippen molar-refractivity contribution in [2.75, 3.05) is 5.01 Å². The Hall–Kier alpha value is -3.37. The summed E-state index contributed by atoms with van der Waals surface area (Å²) in [5.74, 6) is 0.621. The second-order valence-electron chi connectivity index (χ2n) is 6.68. The van der Waals surface area contributed by atoms with Crippen LogP contribution in [0, 0.1) is 0 Å². The molecule has 5 heteroatoms. The molecule has 0 unspecified atom stereocenters. The predicted molar refractivity (Wildman–Crippen MR) is 117 cm³/mol. The number of amides is 1. The van der Waals surface area contributed by atoms with E-state index in [4.69, 9.17) is 16.3 Å².